The topological polar surface area (TPSA) is 12.9 Å². The van der Waals surface area contributed by atoms with Gasteiger partial charge >= 0.3 is 0 Å². The van der Waals surface area contributed by atoms with E-state index in [1.807, 2.05) is 6.20 Å². The minimum Gasteiger partial charge on any atom is -0.305 e. The molecule has 0 saturated carbocycles. The van der Waals surface area contributed by atoms with Crippen molar-refractivity contribution in [2.45, 2.75) is 103 Å². The van der Waals surface area contributed by atoms with Crippen molar-refractivity contribution in [3.05, 3.63) is 77.0 Å². The van der Waals surface area contributed by atoms with E-state index in [1.54, 1.807) is 0 Å². The third-order valence-corrected chi connectivity index (χ3v) is 9.01. The zero-order chi connectivity index (χ0) is 24.5. The van der Waals surface area contributed by atoms with Crippen LogP contribution in [0.25, 0.3) is 22.4 Å². The predicted molar refractivity (Wildman–Crippen MR) is 145 cm³/mol. The Labute approximate surface area is 226 Å². The van der Waals surface area contributed by atoms with E-state index in [1.165, 1.54) is 59.1 Å². The van der Waals surface area contributed by atoms with Crippen molar-refractivity contribution in [2.75, 3.05) is 0 Å². The maximum atomic E-state index is 4.78. The first kappa shape index (κ1) is 26.3. The summed E-state index contributed by atoms with van der Waals surface area (Å²) in [7, 11) is 0. The van der Waals surface area contributed by atoms with Crippen LogP contribution in [0.2, 0.25) is 0 Å². The standard InChI is InChI=1S/C33H40N.Ir/c1-30(2)14-16-32(5,6)27-19-22(9-11-25(27)30)23-13-18-34-29(21-23)24-10-12-26-28(20-24)33(7,8)17-15-31(26,3)4;/h9,11-13,18-21H,14-17H2,1-8H3;/q-1;. The fourth-order valence-electron chi connectivity index (χ4n) is 6.18. The third kappa shape index (κ3) is 4.58. The third-order valence-electron chi connectivity index (χ3n) is 9.01. The van der Waals surface area contributed by atoms with Crippen molar-refractivity contribution in [3.63, 3.8) is 0 Å². The molecule has 2 aliphatic rings. The second kappa shape index (κ2) is 8.67. The number of benzene rings is 2. The molecule has 0 fully saturated rings. The normalized spacial score (nSPS) is 20.8. The van der Waals surface area contributed by atoms with Crippen LogP contribution in [0.4, 0.5) is 0 Å². The summed E-state index contributed by atoms with van der Waals surface area (Å²) in [6.45, 7) is 19.1. The second-order valence-electron chi connectivity index (χ2n) is 13.4. The van der Waals surface area contributed by atoms with E-state index in [4.69, 9.17) is 4.98 Å². The van der Waals surface area contributed by atoms with E-state index in [2.05, 4.69) is 104 Å². The van der Waals surface area contributed by atoms with Gasteiger partial charge in [-0.1, -0.05) is 86.1 Å². The van der Waals surface area contributed by atoms with Crippen LogP contribution in [-0.2, 0) is 41.8 Å². The van der Waals surface area contributed by atoms with Gasteiger partial charge in [-0.05, 0) is 74.9 Å². The number of fused-ring (bicyclic) bond motifs is 2. The molecule has 1 radical (unpaired) electrons. The van der Waals surface area contributed by atoms with Gasteiger partial charge in [0.1, 0.15) is 0 Å². The van der Waals surface area contributed by atoms with Gasteiger partial charge < -0.3 is 4.98 Å². The zero-order valence-electron chi connectivity index (χ0n) is 22.7. The molecule has 0 unspecified atom stereocenters. The number of hydrogen-bond acceptors (Lipinski definition) is 1. The largest absolute Gasteiger partial charge is 0.305 e. The summed E-state index contributed by atoms with van der Waals surface area (Å²) in [6.07, 6.45) is 6.87. The second-order valence-corrected chi connectivity index (χ2v) is 13.4. The molecular formula is C33H40IrN-. The van der Waals surface area contributed by atoms with Gasteiger partial charge in [0.05, 0.1) is 0 Å². The molecule has 3 aromatic rings. The molecule has 0 saturated heterocycles. The van der Waals surface area contributed by atoms with Gasteiger partial charge in [0.2, 0.25) is 0 Å². The van der Waals surface area contributed by atoms with E-state index in [0.717, 1.165) is 11.3 Å². The Morgan fingerprint density at radius 1 is 0.600 bits per heavy atom. The summed E-state index contributed by atoms with van der Waals surface area (Å²) >= 11 is 0. The number of nitrogens with zero attached hydrogens (tertiary/aromatic N) is 1. The van der Waals surface area contributed by atoms with Crippen LogP contribution in [0.5, 0.6) is 0 Å². The summed E-state index contributed by atoms with van der Waals surface area (Å²) in [4.78, 5) is 4.78. The van der Waals surface area contributed by atoms with Crippen molar-refractivity contribution < 1.29 is 20.1 Å². The van der Waals surface area contributed by atoms with Gasteiger partial charge in [-0.3, -0.25) is 0 Å². The van der Waals surface area contributed by atoms with Crippen molar-refractivity contribution >= 4 is 0 Å². The van der Waals surface area contributed by atoms with E-state index in [9.17, 15) is 0 Å². The molecule has 35 heavy (non-hydrogen) atoms. The van der Waals surface area contributed by atoms with Gasteiger partial charge in [0.15, 0.2) is 0 Å². The molecule has 0 bridgehead atoms. The van der Waals surface area contributed by atoms with Gasteiger partial charge in [-0.15, -0.1) is 34.9 Å². The molecule has 0 atom stereocenters. The molecule has 2 heteroatoms. The molecule has 2 aliphatic carbocycles. The van der Waals surface area contributed by atoms with Crippen LogP contribution < -0.4 is 0 Å². The Hall–Kier alpha value is -1.76. The molecule has 1 nitrogen and oxygen atoms in total. The van der Waals surface area contributed by atoms with Crippen molar-refractivity contribution in [2.24, 2.45) is 0 Å². The zero-order valence-corrected chi connectivity index (χ0v) is 25.1. The van der Waals surface area contributed by atoms with Crippen LogP contribution in [-0.4, -0.2) is 4.98 Å². The minimum atomic E-state index is 0. The van der Waals surface area contributed by atoms with E-state index in [-0.39, 0.29) is 41.8 Å². The number of aromatic nitrogens is 1. The summed E-state index contributed by atoms with van der Waals surface area (Å²) < 4.78 is 0. The van der Waals surface area contributed by atoms with Crippen molar-refractivity contribution in [1.29, 1.82) is 0 Å². The summed E-state index contributed by atoms with van der Waals surface area (Å²) in [5.74, 6) is 0. The van der Waals surface area contributed by atoms with E-state index >= 15 is 0 Å². The fraction of sp³-hybridized carbons (Fsp3) is 0.485. The summed E-state index contributed by atoms with van der Waals surface area (Å²) in [6, 6.07) is 19.7. The predicted octanol–water partition coefficient (Wildman–Crippen LogP) is 8.91. The molecule has 0 amide bonds. The van der Waals surface area contributed by atoms with Gasteiger partial charge in [0, 0.05) is 26.3 Å². The van der Waals surface area contributed by atoms with Gasteiger partial charge in [-0.2, -0.15) is 0 Å². The van der Waals surface area contributed by atoms with Crippen LogP contribution in [0, 0.1) is 6.07 Å². The Balaban J connectivity index is 0.00000289. The Morgan fingerprint density at radius 3 is 1.74 bits per heavy atom. The maximum Gasteiger partial charge on any atom is 0.0166 e. The average molecular weight is 643 g/mol. The SMILES string of the molecule is CC1(C)CCC(C)(C)c2cc(-c3cc(-c4ccc5c(c4)C(C)(C)CCC5(C)C)ccn3)[c-]cc21.[Ir]. The molecule has 187 valence electrons. The van der Waals surface area contributed by atoms with Crippen molar-refractivity contribution in [1.82, 2.24) is 4.98 Å². The number of hydrogen-bond donors (Lipinski definition) is 0. The van der Waals surface area contributed by atoms with Crippen LogP contribution >= 0.6 is 0 Å². The molecule has 0 aliphatic heterocycles. The Morgan fingerprint density at radius 2 is 1.11 bits per heavy atom. The first-order chi connectivity index (χ1) is 15.8. The molecule has 0 spiro atoms. The monoisotopic (exact) mass is 643 g/mol. The first-order valence-corrected chi connectivity index (χ1v) is 13.0. The summed E-state index contributed by atoms with van der Waals surface area (Å²) in [5, 5.41) is 0. The maximum absolute atomic E-state index is 4.78. The molecule has 1 aromatic heterocycles. The average Bonchev–Trinajstić information content (AvgIpc) is 2.80. The first-order valence-electron chi connectivity index (χ1n) is 13.0. The van der Waals surface area contributed by atoms with E-state index < -0.39 is 0 Å². The minimum absolute atomic E-state index is 0. The van der Waals surface area contributed by atoms with Crippen molar-refractivity contribution in [3.8, 4) is 22.4 Å². The number of rotatable bonds is 2. The molecule has 2 aromatic carbocycles. The smallest absolute Gasteiger partial charge is 0.0166 e. The van der Waals surface area contributed by atoms with Gasteiger partial charge in [-0.25, -0.2) is 0 Å². The van der Waals surface area contributed by atoms with E-state index in [0.29, 0.717) is 0 Å². The van der Waals surface area contributed by atoms with Crippen LogP contribution in [0.15, 0.2) is 48.7 Å². The van der Waals surface area contributed by atoms with Gasteiger partial charge in [0.25, 0.3) is 0 Å². The molecule has 5 rings (SSSR count). The number of pyridine rings is 1. The summed E-state index contributed by atoms with van der Waals surface area (Å²) in [5.41, 5.74) is 11.4. The van der Waals surface area contributed by atoms with Crippen LogP contribution in [0.3, 0.4) is 0 Å². The fourth-order valence-corrected chi connectivity index (χ4v) is 6.18. The Kier molecular flexibility index (Phi) is 6.52. The Bertz CT molecular complexity index is 1170. The molecule has 0 N–H and O–H groups in total. The molecular weight excluding hydrogens is 603 g/mol. The quantitative estimate of drug-likeness (QED) is 0.255. The van der Waals surface area contributed by atoms with Crippen LogP contribution in [0.1, 0.15) is 103 Å². The molecule has 1 heterocycles.